The van der Waals surface area contributed by atoms with Crippen LogP contribution in [0.15, 0.2) is 0 Å². The van der Waals surface area contributed by atoms with Gasteiger partial charge in [-0.2, -0.15) is 0 Å². The van der Waals surface area contributed by atoms with Gasteiger partial charge in [-0.1, -0.05) is 226 Å². The minimum absolute atomic E-state index is 0.375. The molecule has 0 aliphatic carbocycles. The third kappa shape index (κ3) is 32.9. The van der Waals surface area contributed by atoms with Crippen LogP contribution in [0.4, 0.5) is 0 Å². The van der Waals surface area contributed by atoms with E-state index in [1.807, 2.05) is 0 Å². The second-order valence-electron chi connectivity index (χ2n) is 15.4. The standard InChI is InChI=1S/C43H87NO5/c1-3-5-7-9-11-13-15-16-17-18-19-20-21-22-23-24-25-27-29-31-33-35-37-41(47)43(49)44-39(38-45)42(48)40(46)36-34-32-30-28-26-14-12-10-8-6-4-2/h39-42,45-48H,3-38H2,1-2H3,(H,44,49)/t39-,40+,41+,42-/m0/s1. The van der Waals surface area contributed by atoms with Crippen LogP contribution < -0.4 is 5.32 Å². The van der Waals surface area contributed by atoms with Gasteiger partial charge < -0.3 is 25.7 Å². The van der Waals surface area contributed by atoms with Gasteiger partial charge in [0.05, 0.1) is 18.8 Å². The van der Waals surface area contributed by atoms with E-state index in [2.05, 4.69) is 19.2 Å². The van der Waals surface area contributed by atoms with Crippen LogP contribution in [-0.4, -0.2) is 57.3 Å². The summed E-state index contributed by atoms with van der Waals surface area (Å²) >= 11 is 0. The number of hydrogen-bond acceptors (Lipinski definition) is 5. The highest BCUT2D eigenvalue weighted by molar-refractivity contribution is 5.80. The lowest BCUT2D eigenvalue weighted by Crippen LogP contribution is -2.53. The molecule has 0 saturated heterocycles. The van der Waals surface area contributed by atoms with Gasteiger partial charge in [-0.15, -0.1) is 0 Å². The van der Waals surface area contributed by atoms with Crippen LogP contribution in [0.1, 0.15) is 239 Å². The highest BCUT2D eigenvalue weighted by Crippen LogP contribution is 2.17. The Labute approximate surface area is 305 Å². The van der Waals surface area contributed by atoms with E-state index in [-0.39, 0.29) is 0 Å². The number of carbonyl (C=O) groups excluding carboxylic acids is 1. The molecule has 0 heterocycles. The third-order valence-electron chi connectivity index (χ3n) is 10.6. The van der Waals surface area contributed by atoms with E-state index in [0.29, 0.717) is 12.8 Å². The number of aliphatic hydroxyl groups is 4. The SMILES string of the molecule is CCCCCCCCCCCCCCCCCCCCCCCC[C@@H](O)C(=O)N[C@@H](CO)[C@H](O)[C@H](O)CCCCCCCCCCCCC. The second-order valence-corrected chi connectivity index (χ2v) is 15.4. The van der Waals surface area contributed by atoms with Gasteiger partial charge in [0, 0.05) is 0 Å². The van der Waals surface area contributed by atoms with Crippen LogP contribution >= 0.6 is 0 Å². The molecule has 294 valence electrons. The number of carbonyl (C=O) groups is 1. The Hall–Kier alpha value is -0.690. The Morgan fingerprint density at radius 1 is 0.429 bits per heavy atom. The lowest BCUT2D eigenvalue weighted by molar-refractivity contribution is -0.132. The van der Waals surface area contributed by atoms with Crippen molar-refractivity contribution >= 4 is 5.91 Å². The highest BCUT2D eigenvalue weighted by atomic mass is 16.3. The second kappa shape index (κ2) is 38.5. The van der Waals surface area contributed by atoms with Crippen molar-refractivity contribution in [3.05, 3.63) is 0 Å². The predicted octanol–water partition coefficient (Wildman–Crippen LogP) is 11.2. The summed E-state index contributed by atoms with van der Waals surface area (Å²) in [4.78, 5) is 12.5. The van der Waals surface area contributed by atoms with Crippen molar-refractivity contribution in [2.75, 3.05) is 6.61 Å². The molecule has 0 radical (unpaired) electrons. The van der Waals surface area contributed by atoms with Crippen LogP contribution in [-0.2, 0) is 4.79 Å². The molecule has 4 atom stereocenters. The van der Waals surface area contributed by atoms with E-state index in [1.165, 1.54) is 173 Å². The maximum atomic E-state index is 12.5. The minimum Gasteiger partial charge on any atom is -0.394 e. The molecule has 0 fully saturated rings. The normalized spacial score (nSPS) is 14.2. The molecule has 1 amide bonds. The van der Waals surface area contributed by atoms with Gasteiger partial charge in [0.2, 0.25) is 5.91 Å². The molecular weight excluding hydrogens is 610 g/mol. The number of rotatable bonds is 40. The molecule has 0 rings (SSSR count). The Bertz CT molecular complexity index is 662. The fraction of sp³-hybridized carbons (Fsp3) is 0.977. The van der Waals surface area contributed by atoms with E-state index >= 15 is 0 Å². The summed E-state index contributed by atoms with van der Waals surface area (Å²) in [5.74, 6) is -0.580. The molecule has 0 aliphatic heterocycles. The molecule has 0 bridgehead atoms. The molecule has 6 heteroatoms. The van der Waals surface area contributed by atoms with Crippen molar-refractivity contribution in [3.63, 3.8) is 0 Å². The van der Waals surface area contributed by atoms with E-state index in [1.54, 1.807) is 0 Å². The maximum absolute atomic E-state index is 12.5. The van der Waals surface area contributed by atoms with Gasteiger partial charge in [0.15, 0.2) is 0 Å². The predicted molar refractivity (Wildman–Crippen MR) is 210 cm³/mol. The summed E-state index contributed by atoms with van der Waals surface area (Å²) in [6.45, 7) is 4.05. The quantitative estimate of drug-likeness (QED) is 0.0409. The van der Waals surface area contributed by atoms with Crippen molar-refractivity contribution in [2.45, 2.75) is 263 Å². The van der Waals surface area contributed by atoms with Crippen molar-refractivity contribution < 1.29 is 25.2 Å². The number of aliphatic hydroxyl groups excluding tert-OH is 4. The maximum Gasteiger partial charge on any atom is 0.249 e. The van der Waals surface area contributed by atoms with Crippen LogP contribution in [0.2, 0.25) is 0 Å². The summed E-state index contributed by atoms with van der Waals surface area (Å²) in [6, 6.07) is -0.977. The van der Waals surface area contributed by atoms with Gasteiger partial charge in [-0.25, -0.2) is 0 Å². The van der Waals surface area contributed by atoms with E-state index in [9.17, 15) is 25.2 Å². The fourth-order valence-electron chi connectivity index (χ4n) is 7.05. The summed E-state index contributed by atoms with van der Waals surface area (Å²) in [5, 5.41) is 43.6. The average Bonchev–Trinajstić information content (AvgIpc) is 3.11. The van der Waals surface area contributed by atoms with Crippen LogP contribution in [0.5, 0.6) is 0 Å². The molecule has 0 aromatic rings. The molecule has 0 aliphatic rings. The van der Waals surface area contributed by atoms with Crippen molar-refractivity contribution in [1.29, 1.82) is 0 Å². The molecule has 0 aromatic carbocycles. The summed E-state index contributed by atoms with van der Waals surface area (Å²) < 4.78 is 0. The molecule has 5 N–H and O–H groups in total. The first-order valence-electron chi connectivity index (χ1n) is 21.9. The van der Waals surface area contributed by atoms with E-state index < -0.39 is 36.9 Å². The average molecular weight is 698 g/mol. The minimum atomic E-state index is -1.25. The van der Waals surface area contributed by atoms with Crippen molar-refractivity contribution in [2.24, 2.45) is 0 Å². The smallest absolute Gasteiger partial charge is 0.249 e. The zero-order chi connectivity index (χ0) is 36.0. The Morgan fingerprint density at radius 3 is 0.980 bits per heavy atom. The monoisotopic (exact) mass is 698 g/mol. The van der Waals surface area contributed by atoms with Gasteiger partial charge in [0.25, 0.3) is 0 Å². The lowest BCUT2D eigenvalue weighted by Gasteiger charge is -2.27. The van der Waals surface area contributed by atoms with E-state index in [0.717, 1.165) is 38.5 Å². The Morgan fingerprint density at radius 2 is 0.694 bits per heavy atom. The van der Waals surface area contributed by atoms with E-state index in [4.69, 9.17) is 0 Å². The molecule has 0 aromatic heterocycles. The topological polar surface area (TPSA) is 110 Å². The van der Waals surface area contributed by atoms with Crippen LogP contribution in [0.3, 0.4) is 0 Å². The summed E-state index contributed by atoms with van der Waals surface area (Å²) in [6.07, 6.45) is 40.0. The number of unbranched alkanes of at least 4 members (excludes halogenated alkanes) is 31. The van der Waals surface area contributed by atoms with Gasteiger partial charge >= 0.3 is 0 Å². The molecule has 0 spiro atoms. The molecular formula is C43H87NO5. The highest BCUT2D eigenvalue weighted by Gasteiger charge is 2.28. The Balaban J connectivity index is 3.64. The van der Waals surface area contributed by atoms with Crippen LogP contribution in [0, 0.1) is 0 Å². The summed E-state index contributed by atoms with van der Waals surface area (Å²) in [5.41, 5.74) is 0. The third-order valence-corrected chi connectivity index (χ3v) is 10.6. The zero-order valence-corrected chi connectivity index (χ0v) is 33.0. The zero-order valence-electron chi connectivity index (χ0n) is 33.0. The molecule has 6 nitrogen and oxygen atoms in total. The van der Waals surface area contributed by atoms with Crippen LogP contribution in [0.25, 0.3) is 0 Å². The number of hydrogen-bond donors (Lipinski definition) is 5. The Kier molecular flexibility index (Phi) is 38.0. The summed E-state index contributed by atoms with van der Waals surface area (Å²) in [7, 11) is 0. The fourth-order valence-corrected chi connectivity index (χ4v) is 7.05. The first-order chi connectivity index (χ1) is 24.0. The number of nitrogens with one attached hydrogen (secondary N) is 1. The van der Waals surface area contributed by atoms with Gasteiger partial charge in [-0.05, 0) is 12.8 Å². The number of amides is 1. The molecule has 49 heavy (non-hydrogen) atoms. The molecule has 0 saturated carbocycles. The first kappa shape index (κ1) is 48.3. The van der Waals surface area contributed by atoms with Gasteiger partial charge in [0.1, 0.15) is 12.2 Å². The largest absolute Gasteiger partial charge is 0.394 e. The molecule has 0 unspecified atom stereocenters. The van der Waals surface area contributed by atoms with Gasteiger partial charge in [-0.3, -0.25) is 4.79 Å². The lowest BCUT2D eigenvalue weighted by atomic mass is 9.99. The first-order valence-corrected chi connectivity index (χ1v) is 21.9. The van der Waals surface area contributed by atoms with Crippen molar-refractivity contribution in [1.82, 2.24) is 5.32 Å². The van der Waals surface area contributed by atoms with Crippen molar-refractivity contribution in [3.8, 4) is 0 Å².